The van der Waals surface area contributed by atoms with Gasteiger partial charge in [0, 0.05) is 0 Å². The Kier molecular flexibility index (Phi) is 9.90. The molecule has 1 nitrogen and oxygen atoms in total. The summed E-state index contributed by atoms with van der Waals surface area (Å²) >= 11 is 1.59. The minimum Gasteiger partial charge on any atom is -0.290 e. The Bertz CT molecular complexity index is 88.2. The average Bonchev–Trinajstić information content (AvgIpc) is 2.03. The van der Waals surface area contributed by atoms with Crippen molar-refractivity contribution in [1.29, 1.82) is 0 Å². The normalized spacial score (nSPS) is 9.91. The molecule has 0 N–H and O–H groups in total. The fraction of sp³-hybridized carbons (Fsp3) is 0.875. The van der Waals surface area contributed by atoms with Crippen molar-refractivity contribution in [2.75, 3.05) is 18.2 Å². The Morgan fingerprint density at radius 3 is 2.55 bits per heavy atom. The zero-order valence-electron chi connectivity index (χ0n) is 6.64. The minimum absolute atomic E-state index is 0.199. The first-order valence-corrected chi connectivity index (χ1v) is 5.06. The first-order valence-electron chi connectivity index (χ1n) is 3.90. The molecule has 0 aromatic rings. The van der Waals surface area contributed by atoms with Crippen LogP contribution in [0.25, 0.3) is 0 Å². The molecule has 0 atom stereocenters. The van der Waals surface area contributed by atoms with Crippen LogP contribution in [-0.2, 0) is 4.79 Å². The summed E-state index contributed by atoms with van der Waals surface area (Å²) in [5.41, 5.74) is 0. The van der Waals surface area contributed by atoms with Crippen molar-refractivity contribution >= 4 is 18.0 Å². The van der Waals surface area contributed by atoms with Crippen LogP contribution < -0.4 is 0 Å². The van der Waals surface area contributed by atoms with E-state index in [-0.39, 0.29) is 6.67 Å². The van der Waals surface area contributed by atoms with Crippen LogP contribution in [0.1, 0.15) is 25.7 Å². The lowest BCUT2D eigenvalue weighted by molar-refractivity contribution is 0.455. The van der Waals surface area contributed by atoms with E-state index < -0.39 is 0 Å². The first-order chi connectivity index (χ1) is 5.41. The maximum Gasteiger partial charge on any atom is 0.209 e. The van der Waals surface area contributed by atoms with E-state index in [0.29, 0.717) is 12.2 Å². The van der Waals surface area contributed by atoms with Crippen LogP contribution >= 0.6 is 11.8 Å². The lowest BCUT2D eigenvalue weighted by Crippen LogP contribution is -1.85. The Morgan fingerprint density at radius 2 is 1.91 bits per heavy atom. The van der Waals surface area contributed by atoms with E-state index in [2.05, 4.69) is 0 Å². The highest BCUT2D eigenvalue weighted by molar-refractivity contribution is 7.99. The fourth-order valence-corrected chi connectivity index (χ4v) is 1.40. The third-order valence-corrected chi connectivity index (χ3v) is 2.23. The van der Waals surface area contributed by atoms with E-state index in [4.69, 9.17) is 0 Å². The highest BCUT2D eigenvalue weighted by Crippen LogP contribution is 2.06. The van der Waals surface area contributed by atoms with Gasteiger partial charge in [-0.2, -0.15) is 11.8 Å². The molecule has 0 heterocycles. The van der Waals surface area contributed by atoms with Crippen molar-refractivity contribution < 1.29 is 9.18 Å². The van der Waals surface area contributed by atoms with Gasteiger partial charge >= 0.3 is 0 Å². The summed E-state index contributed by atoms with van der Waals surface area (Å²) in [6.45, 7) is -0.199. The third-order valence-electron chi connectivity index (χ3n) is 1.33. The standard InChI is InChI=1S/C8H14FOS/c9-5-3-1-2-4-7-11-8-6-10/h1-5,7-8H2. The molecule has 0 aliphatic rings. The van der Waals surface area contributed by atoms with Crippen molar-refractivity contribution in [3.63, 3.8) is 0 Å². The molecular weight excluding hydrogens is 163 g/mol. The van der Waals surface area contributed by atoms with E-state index in [1.807, 2.05) is 6.29 Å². The second-order valence-electron chi connectivity index (χ2n) is 2.30. The van der Waals surface area contributed by atoms with Crippen LogP contribution in [0, 0.1) is 0 Å². The number of unbranched alkanes of at least 4 members (excludes halogenated alkanes) is 3. The second kappa shape index (κ2) is 9.95. The Morgan fingerprint density at radius 1 is 1.18 bits per heavy atom. The second-order valence-corrected chi connectivity index (χ2v) is 3.41. The fourth-order valence-electron chi connectivity index (χ4n) is 0.766. The van der Waals surface area contributed by atoms with Crippen LogP contribution in [0.5, 0.6) is 0 Å². The van der Waals surface area contributed by atoms with Gasteiger partial charge in [0.15, 0.2) is 0 Å². The zero-order chi connectivity index (χ0) is 8.36. The molecule has 1 radical (unpaired) electrons. The van der Waals surface area contributed by atoms with Gasteiger partial charge in [0.2, 0.25) is 6.29 Å². The number of carbonyl (C=O) groups excluding carboxylic acids is 1. The van der Waals surface area contributed by atoms with Crippen LogP contribution in [0.2, 0.25) is 0 Å². The lowest BCUT2D eigenvalue weighted by Gasteiger charge is -1.96. The monoisotopic (exact) mass is 177 g/mol. The van der Waals surface area contributed by atoms with E-state index >= 15 is 0 Å². The summed E-state index contributed by atoms with van der Waals surface area (Å²) < 4.78 is 11.6. The van der Waals surface area contributed by atoms with Crippen molar-refractivity contribution in [2.24, 2.45) is 0 Å². The van der Waals surface area contributed by atoms with Crippen molar-refractivity contribution in [2.45, 2.75) is 25.7 Å². The van der Waals surface area contributed by atoms with Gasteiger partial charge in [-0.25, -0.2) is 0 Å². The highest BCUT2D eigenvalue weighted by atomic mass is 32.2. The molecule has 3 heteroatoms. The molecule has 11 heavy (non-hydrogen) atoms. The maximum absolute atomic E-state index is 11.6. The molecule has 0 bridgehead atoms. The number of hydrogen-bond donors (Lipinski definition) is 0. The molecule has 0 amide bonds. The van der Waals surface area contributed by atoms with Crippen molar-refractivity contribution in [3.05, 3.63) is 0 Å². The quantitative estimate of drug-likeness (QED) is 0.529. The van der Waals surface area contributed by atoms with Gasteiger partial charge in [-0.05, 0) is 18.6 Å². The number of hydrogen-bond acceptors (Lipinski definition) is 2. The molecule has 0 aromatic carbocycles. The number of rotatable bonds is 8. The molecular formula is C8H14FOS. The van der Waals surface area contributed by atoms with Crippen molar-refractivity contribution in [3.8, 4) is 0 Å². The molecule has 0 aliphatic heterocycles. The predicted molar refractivity (Wildman–Crippen MR) is 47.5 cm³/mol. The molecule has 0 aromatic heterocycles. The summed E-state index contributed by atoms with van der Waals surface area (Å²) in [5.74, 6) is 1.48. The topological polar surface area (TPSA) is 17.1 Å². The van der Waals surface area contributed by atoms with E-state index in [1.165, 1.54) is 0 Å². The smallest absolute Gasteiger partial charge is 0.209 e. The van der Waals surface area contributed by atoms with Gasteiger partial charge < -0.3 is 0 Å². The number of thioether (sulfide) groups is 1. The summed E-state index contributed by atoms with van der Waals surface area (Å²) in [7, 11) is 0. The minimum atomic E-state index is -0.199. The van der Waals surface area contributed by atoms with Gasteiger partial charge in [0.05, 0.1) is 12.4 Å². The molecule has 0 saturated heterocycles. The highest BCUT2D eigenvalue weighted by Gasteiger charge is 1.90. The molecule has 0 aliphatic carbocycles. The summed E-state index contributed by atoms with van der Waals surface area (Å²) in [6.07, 6.45) is 5.65. The summed E-state index contributed by atoms with van der Waals surface area (Å²) in [5, 5.41) is 0. The summed E-state index contributed by atoms with van der Waals surface area (Å²) in [6, 6.07) is 0. The third kappa shape index (κ3) is 9.95. The molecule has 0 rings (SSSR count). The van der Waals surface area contributed by atoms with Crippen LogP contribution in [0.15, 0.2) is 0 Å². The van der Waals surface area contributed by atoms with Gasteiger partial charge in [0.1, 0.15) is 0 Å². The summed E-state index contributed by atoms with van der Waals surface area (Å²) in [4.78, 5) is 9.74. The van der Waals surface area contributed by atoms with Gasteiger partial charge in [-0.1, -0.05) is 12.8 Å². The SMILES string of the molecule is O=[C]CSCCCCCCF. The van der Waals surface area contributed by atoms with Crippen LogP contribution in [0.4, 0.5) is 4.39 Å². The van der Waals surface area contributed by atoms with E-state index in [9.17, 15) is 9.18 Å². The molecule has 65 valence electrons. The lowest BCUT2D eigenvalue weighted by atomic mass is 10.2. The van der Waals surface area contributed by atoms with E-state index in [1.54, 1.807) is 11.8 Å². The molecule has 0 unspecified atom stereocenters. The molecule has 0 fully saturated rings. The van der Waals surface area contributed by atoms with Gasteiger partial charge in [-0.3, -0.25) is 9.18 Å². The number of alkyl halides is 1. The molecule has 0 spiro atoms. The average molecular weight is 177 g/mol. The van der Waals surface area contributed by atoms with Gasteiger partial charge in [0.25, 0.3) is 0 Å². The Labute approximate surface area is 71.7 Å². The Hall–Kier alpha value is -0.0500. The number of halogens is 1. The largest absolute Gasteiger partial charge is 0.290 e. The maximum atomic E-state index is 11.6. The first kappa shape index (κ1) is 11.0. The van der Waals surface area contributed by atoms with E-state index in [0.717, 1.165) is 25.0 Å². The predicted octanol–water partition coefficient (Wildman–Crippen LogP) is 2.36. The Balaban J connectivity index is 2.74. The van der Waals surface area contributed by atoms with Crippen molar-refractivity contribution in [1.82, 2.24) is 0 Å². The zero-order valence-corrected chi connectivity index (χ0v) is 7.46. The van der Waals surface area contributed by atoms with Crippen LogP contribution in [-0.4, -0.2) is 24.5 Å². The molecule has 0 saturated carbocycles. The van der Waals surface area contributed by atoms with Gasteiger partial charge in [-0.15, -0.1) is 0 Å². The van der Waals surface area contributed by atoms with Crippen LogP contribution in [0.3, 0.4) is 0 Å².